The van der Waals surface area contributed by atoms with Crippen molar-refractivity contribution in [3.63, 3.8) is 0 Å². The average Bonchev–Trinajstić information content (AvgIpc) is 2.85. The van der Waals surface area contributed by atoms with E-state index in [1.807, 2.05) is 12.2 Å². The van der Waals surface area contributed by atoms with Gasteiger partial charge >= 0.3 is 11.9 Å². The molecule has 0 radical (unpaired) electrons. The lowest BCUT2D eigenvalue weighted by Crippen LogP contribution is -2.33. The number of esters is 2. The maximum absolute atomic E-state index is 13.0. The number of hydrogen-bond donors (Lipinski definition) is 3. The lowest BCUT2D eigenvalue weighted by atomic mass is 9.95. The molecule has 0 aromatic heterocycles. The van der Waals surface area contributed by atoms with Crippen LogP contribution in [-0.4, -0.2) is 74.0 Å². The van der Waals surface area contributed by atoms with E-state index in [0.717, 1.165) is 6.07 Å². The highest BCUT2D eigenvalue weighted by Gasteiger charge is 2.27. The highest BCUT2D eigenvalue weighted by atomic mass is 35.5. The van der Waals surface area contributed by atoms with Gasteiger partial charge in [0.2, 0.25) is 6.61 Å². The number of hydroxylamine groups is 1. The normalized spacial score (nSPS) is 21.0. The van der Waals surface area contributed by atoms with Crippen LogP contribution in [0.3, 0.4) is 0 Å². The highest BCUT2D eigenvalue weighted by Crippen LogP contribution is 2.37. The third-order valence-corrected chi connectivity index (χ3v) is 5.67. The number of ether oxygens (including phenoxy) is 2. The molecule has 2 rings (SSSR count). The van der Waals surface area contributed by atoms with E-state index in [1.165, 1.54) is 14.2 Å². The Kier molecular flexibility index (Phi) is 13.2. The molecule has 0 saturated heterocycles. The Bertz CT molecular complexity index is 969. The van der Waals surface area contributed by atoms with Crippen molar-refractivity contribution in [3.05, 3.63) is 34.4 Å². The van der Waals surface area contributed by atoms with Crippen molar-refractivity contribution in [2.24, 2.45) is 5.16 Å². The fraction of sp³-hybridized carbons (Fsp3) is 0.542. The SMILES string of the molecule is COOCCONC1CC/C=C/CC(C)OC(=O)c2c(O)cc(O)c(Cl)c2C/C(=N/OCC(=O)OC)C1. The summed E-state index contributed by atoms with van der Waals surface area (Å²) in [5, 5.41) is 24.7. The summed E-state index contributed by atoms with van der Waals surface area (Å²) in [7, 11) is 2.61. The summed E-state index contributed by atoms with van der Waals surface area (Å²) in [6, 6.07) is 0.689. The number of nitrogens with one attached hydrogen (secondary N) is 1. The molecule has 0 amide bonds. The minimum absolute atomic E-state index is 0.0950. The van der Waals surface area contributed by atoms with E-state index in [2.05, 4.69) is 20.3 Å². The molecular weight excluding hydrogens is 512 g/mol. The molecule has 0 aliphatic carbocycles. The van der Waals surface area contributed by atoms with Crippen molar-refractivity contribution in [3.8, 4) is 11.5 Å². The van der Waals surface area contributed by atoms with Crippen molar-refractivity contribution in [1.82, 2.24) is 5.48 Å². The number of allylic oxidation sites excluding steroid dienone is 1. The van der Waals surface area contributed by atoms with Crippen LogP contribution in [0.1, 0.15) is 48.5 Å². The van der Waals surface area contributed by atoms with Gasteiger partial charge in [-0.2, -0.15) is 5.48 Å². The molecule has 13 heteroatoms. The number of aromatic hydroxyl groups is 2. The van der Waals surface area contributed by atoms with Crippen LogP contribution in [0.5, 0.6) is 11.5 Å². The Balaban J connectivity index is 2.43. The van der Waals surface area contributed by atoms with Gasteiger partial charge in [-0.15, -0.1) is 0 Å². The number of phenolic OH excluding ortho intramolecular Hbond substituents is 2. The van der Waals surface area contributed by atoms with Gasteiger partial charge in [-0.3, -0.25) is 4.84 Å². The third kappa shape index (κ3) is 10.2. The first-order valence-corrected chi connectivity index (χ1v) is 12.0. The third-order valence-electron chi connectivity index (χ3n) is 5.25. The van der Waals surface area contributed by atoms with Gasteiger partial charge in [-0.05, 0) is 25.3 Å². The molecule has 1 heterocycles. The fourth-order valence-electron chi connectivity index (χ4n) is 3.47. The quantitative estimate of drug-likeness (QED) is 0.138. The smallest absolute Gasteiger partial charge is 0.346 e. The average molecular weight is 545 g/mol. The first-order valence-electron chi connectivity index (χ1n) is 11.6. The Morgan fingerprint density at radius 2 is 2.03 bits per heavy atom. The number of carbonyl (C=O) groups excluding carboxylic acids is 2. The van der Waals surface area contributed by atoms with Crippen LogP contribution in [0, 0.1) is 0 Å². The number of cyclic esters (lactones) is 1. The zero-order valence-electron chi connectivity index (χ0n) is 21.0. The second-order valence-corrected chi connectivity index (χ2v) is 8.50. The molecule has 0 bridgehead atoms. The summed E-state index contributed by atoms with van der Waals surface area (Å²) in [5.74, 6) is -2.37. The summed E-state index contributed by atoms with van der Waals surface area (Å²) in [6.07, 6.45) is 5.26. The number of fused-ring (bicyclic) bond motifs is 1. The molecule has 3 N–H and O–H groups in total. The highest BCUT2D eigenvalue weighted by molar-refractivity contribution is 6.33. The molecule has 206 valence electrons. The zero-order valence-corrected chi connectivity index (χ0v) is 21.8. The zero-order chi connectivity index (χ0) is 27.2. The number of benzene rings is 1. The first-order chi connectivity index (χ1) is 17.8. The molecule has 0 saturated carbocycles. The number of phenols is 2. The number of hydrogen-bond acceptors (Lipinski definition) is 12. The van der Waals surface area contributed by atoms with Crippen molar-refractivity contribution in [2.45, 2.75) is 51.2 Å². The van der Waals surface area contributed by atoms with Crippen molar-refractivity contribution < 1.29 is 48.7 Å². The van der Waals surface area contributed by atoms with Gasteiger partial charge in [0.1, 0.15) is 29.8 Å². The molecular formula is C24H33ClN2O10. The van der Waals surface area contributed by atoms with E-state index in [9.17, 15) is 19.8 Å². The van der Waals surface area contributed by atoms with Gasteiger partial charge in [0.25, 0.3) is 0 Å². The van der Waals surface area contributed by atoms with Crippen molar-refractivity contribution in [1.29, 1.82) is 0 Å². The van der Waals surface area contributed by atoms with Crippen LogP contribution in [0.4, 0.5) is 0 Å². The number of methoxy groups -OCH3 is 1. The fourth-order valence-corrected chi connectivity index (χ4v) is 3.69. The van der Waals surface area contributed by atoms with Gasteiger partial charge in [0, 0.05) is 31.4 Å². The molecule has 1 aromatic carbocycles. The second kappa shape index (κ2) is 16.0. The van der Waals surface area contributed by atoms with E-state index < -0.39 is 36.1 Å². The Morgan fingerprint density at radius 1 is 1.24 bits per heavy atom. The minimum atomic E-state index is -0.807. The van der Waals surface area contributed by atoms with Crippen LogP contribution >= 0.6 is 11.6 Å². The van der Waals surface area contributed by atoms with Crippen molar-refractivity contribution >= 4 is 29.3 Å². The lowest BCUT2D eigenvalue weighted by Gasteiger charge is -2.21. The van der Waals surface area contributed by atoms with E-state index in [0.29, 0.717) is 25.0 Å². The second-order valence-electron chi connectivity index (χ2n) is 8.12. The van der Waals surface area contributed by atoms with Crippen LogP contribution in [-0.2, 0) is 40.1 Å². The van der Waals surface area contributed by atoms with Gasteiger partial charge in [0.05, 0.1) is 31.6 Å². The van der Waals surface area contributed by atoms with E-state index in [1.54, 1.807) is 6.92 Å². The summed E-state index contributed by atoms with van der Waals surface area (Å²) in [5.41, 5.74) is 3.19. The van der Waals surface area contributed by atoms with Gasteiger partial charge < -0.3 is 24.5 Å². The van der Waals surface area contributed by atoms with E-state index in [4.69, 9.17) is 30.9 Å². The number of rotatable bonds is 9. The van der Waals surface area contributed by atoms with E-state index >= 15 is 0 Å². The Morgan fingerprint density at radius 3 is 2.76 bits per heavy atom. The maximum Gasteiger partial charge on any atom is 0.346 e. The molecule has 0 spiro atoms. The number of carbonyl (C=O) groups is 2. The standard InChI is InChI=1S/C24H33ClN2O10/c1-15-7-5-4-6-8-16(26-34-9-10-36-33-3)11-17(27-35-14-21(30)32-2)12-18-22(24(31)37-15)19(28)13-20(29)23(18)25/h4-5,13,15-16,26,28-29H,6-12,14H2,1-3H3/b5-4+,27-17+. The number of oxime groups is 1. The molecule has 1 aliphatic heterocycles. The summed E-state index contributed by atoms with van der Waals surface area (Å²) in [4.78, 5) is 44.5. The minimum Gasteiger partial charge on any atom is -0.507 e. The van der Waals surface area contributed by atoms with E-state index in [-0.39, 0.29) is 48.2 Å². The topological polar surface area (TPSA) is 154 Å². The Labute approximate surface area is 219 Å². The van der Waals surface area contributed by atoms with Gasteiger partial charge in [-0.1, -0.05) is 28.9 Å². The molecule has 2 atom stereocenters. The molecule has 37 heavy (non-hydrogen) atoms. The Hall–Kier alpha value is -2.90. The van der Waals surface area contributed by atoms with Crippen LogP contribution < -0.4 is 5.48 Å². The molecule has 1 aromatic rings. The monoisotopic (exact) mass is 544 g/mol. The lowest BCUT2D eigenvalue weighted by molar-refractivity contribution is -0.280. The van der Waals surface area contributed by atoms with Gasteiger partial charge in [-0.25, -0.2) is 19.4 Å². The number of nitrogens with zero attached hydrogens (tertiary/aromatic N) is 1. The summed E-state index contributed by atoms with van der Waals surface area (Å²) >= 11 is 6.36. The largest absolute Gasteiger partial charge is 0.507 e. The molecule has 1 aliphatic rings. The first kappa shape index (κ1) is 30.3. The maximum atomic E-state index is 13.0. The van der Waals surface area contributed by atoms with Crippen LogP contribution in [0.2, 0.25) is 5.02 Å². The van der Waals surface area contributed by atoms with Crippen molar-refractivity contribution in [2.75, 3.05) is 34.0 Å². The predicted octanol–water partition coefficient (Wildman–Crippen LogP) is 2.98. The van der Waals surface area contributed by atoms with Gasteiger partial charge in [0.15, 0.2) is 0 Å². The summed E-state index contributed by atoms with van der Waals surface area (Å²) in [6.45, 7) is 1.67. The van der Waals surface area contributed by atoms with Crippen LogP contribution in [0.25, 0.3) is 0 Å². The van der Waals surface area contributed by atoms with Crippen LogP contribution in [0.15, 0.2) is 23.4 Å². The molecule has 12 nitrogen and oxygen atoms in total. The predicted molar refractivity (Wildman–Crippen MR) is 132 cm³/mol. The molecule has 0 fully saturated rings. The summed E-state index contributed by atoms with van der Waals surface area (Å²) < 4.78 is 10.1. The molecule has 2 unspecified atom stereocenters. The number of halogens is 1.